The van der Waals surface area contributed by atoms with Crippen LogP contribution >= 0.6 is 0 Å². The zero-order valence-electron chi connectivity index (χ0n) is 12.9. The largest absolute Gasteiger partial charge is 0.303 e. The van der Waals surface area contributed by atoms with E-state index in [1.807, 2.05) is 0 Å². The van der Waals surface area contributed by atoms with Crippen LogP contribution in [0.3, 0.4) is 0 Å². The standard InChI is InChI=1S/C18H33N/c1-15-11-18(12-15)14-19-9-7-17(8-10-19)13-16-5-3-2-4-6-16/h15-18H,2-14H2,1H3/t15-,18-. The van der Waals surface area contributed by atoms with Crippen molar-refractivity contribution < 1.29 is 0 Å². The molecule has 1 nitrogen and oxygen atoms in total. The van der Waals surface area contributed by atoms with E-state index in [1.165, 1.54) is 64.6 Å². The summed E-state index contributed by atoms with van der Waals surface area (Å²) in [5.74, 6) is 4.23. The lowest BCUT2D eigenvalue weighted by atomic mass is 9.75. The number of piperidine rings is 1. The first-order chi connectivity index (χ1) is 9.29. The van der Waals surface area contributed by atoms with Crippen molar-refractivity contribution in [3.8, 4) is 0 Å². The van der Waals surface area contributed by atoms with Gasteiger partial charge in [-0.1, -0.05) is 39.0 Å². The molecule has 0 amide bonds. The summed E-state index contributed by atoms with van der Waals surface area (Å²) < 4.78 is 0. The maximum absolute atomic E-state index is 2.77. The number of nitrogens with zero attached hydrogens (tertiary/aromatic N) is 1. The molecule has 0 unspecified atom stereocenters. The second kappa shape index (κ2) is 6.61. The highest BCUT2D eigenvalue weighted by atomic mass is 15.1. The van der Waals surface area contributed by atoms with Crippen LogP contribution in [-0.2, 0) is 0 Å². The predicted octanol–water partition coefficient (Wildman–Crippen LogP) is 4.71. The third-order valence-electron chi connectivity index (χ3n) is 6.09. The molecule has 2 aliphatic carbocycles. The van der Waals surface area contributed by atoms with Crippen molar-refractivity contribution >= 4 is 0 Å². The Hall–Kier alpha value is -0.0400. The highest BCUT2D eigenvalue weighted by Gasteiger charge is 2.29. The van der Waals surface area contributed by atoms with Crippen LogP contribution < -0.4 is 0 Å². The van der Waals surface area contributed by atoms with Crippen molar-refractivity contribution in [3.63, 3.8) is 0 Å². The maximum atomic E-state index is 2.77. The summed E-state index contributed by atoms with van der Waals surface area (Å²) in [5, 5.41) is 0. The summed E-state index contributed by atoms with van der Waals surface area (Å²) in [6.07, 6.45) is 15.2. The van der Waals surface area contributed by atoms with E-state index in [2.05, 4.69) is 11.8 Å². The average Bonchev–Trinajstić information content (AvgIpc) is 2.40. The summed E-state index contributed by atoms with van der Waals surface area (Å²) in [4.78, 5) is 2.77. The lowest BCUT2D eigenvalue weighted by Crippen LogP contribution is -2.40. The van der Waals surface area contributed by atoms with Gasteiger partial charge < -0.3 is 4.90 Å². The molecular formula is C18H33N. The fourth-order valence-electron chi connectivity index (χ4n) is 4.88. The van der Waals surface area contributed by atoms with Crippen LogP contribution in [0.5, 0.6) is 0 Å². The Morgan fingerprint density at radius 1 is 0.789 bits per heavy atom. The third-order valence-corrected chi connectivity index (χ3v) is 6.09. The molecule has 2 saturated carbocycles. The van der Waals surface area contributed by atoms with Crippen molar-refractivity contribution in [3.05, 3.63) is 0 Å². The van der Waals surface area contributed by atoms with Crippen LogP contribution in [0.2, 0.25) is 0 Å². The average molecular weight is 263 g/mol. The van der Waals surface area contributed by atoms with Crippen molar-refractivity contribution in [2.24, 2.45) is 23.7 Å². The quantitative estimate of drug-likeness (QED) is 0.709. The summed E-state index contributed by atoms with van der Waals surface area (Å²) >= 11 is 0. The van der Waals surface area contributed by atoms with E-state index in [0.717, 1.165) is 23.7 Å². The topological polar surface area (TPSA) is 3.24 Å². The molecule has 0 bridgehead atoms. The van der Waals surface area contributed by atoms with Crippen LogP contribution in [0.4, 0.5) is 0 Å². The van der Waals surface area contributed by atoms with Crippen molar-refractivity contribution in [2.45, 2.75) is 71.1 Å². The van der Waals surface area contributed by atoms with E-state index in [-0.39, 0.29) is 0 Å². The Balaban J connectivity index is 1.32. The van der Waals surface area contributed by atoms with Gasteiger partial charge in [-0.15, -0.1) is 0 Å². The fraction of sp³-hybridized carbons (Fsp3) is 1.00. The van der Waals surface area contributed by atoms with Crippen LogP contribution in [0.1, 0.15) is 71.1 Å². The van der Waals surface area contributed by atoms with Crippen molar-refractivity contribution in [2.75, 3.05) is 19.6 Å². The minimum Gasteiger partial charge on any atom is -0.303 e. The molecule has 110 valence electrons. The van der Waals surface area contributed by atoms with Crippen LogP contribution in [0.15, 0.2) is 0 Å². The van der Waals surface area contributed by atoms with Gasteiger partial charge in [-0.05, 0) is 68.9 Å². The predicted molar refractivity (Wildman–Crippen MR) is 82.2 cm³/mol. The normalized spacial score (nSPS) is 35.2. The van der Waals surface area contributed by atoms with E-state index in [4.69, 9.17) is 0 Å². The van der Waals surface area contributed by atoms with E-state index >= 15 is 0 Å². The molecule has 3 aliphatic rings. The molecule has 0 aromatic rings. The Bertz CT molecular complexity index is 255. The monoisotopic (exact) mass is 263 g/mol. The maximum Gasteiger partial charge on any atom is 0.000986 e. The molecule has 0 atom stereocenters. The molecule has 19 heavy (non-hydrogen) atoms. The second-order valence-electron chi connectivity index (χ2n) is 7.93. The zero-order chi connectivity index (χ0) is 13.1. The molecule has 0 aromatic heterocycles. The van der Waals surface area contributed by atoms with Gasteiger partial charge in [0.15, 0.2) is 0 Å². The van der Waals surface area contributed by atoms with Gasteiger partial charge in [-0.3, -0.25) is 0 Å². The van der Waals surface area contributed by atoms with Gasteiger partial charge in [0.25, 0.3) is 0 Å². The van der Waals surface area contributed by atoms with Gasteiger partial charge in [-0.2, -0.15) is 0 Å². The van der Waals surface area contributed by atoms with Crippen molar-refractivity contribution in [1.82, 2.24) is 4.90 Å². The highest BCUT2D eigenvalue weighted by Crippen LogP contribution is 2.36. The summed E-state index contributed by atoms with van der Waals surface area (Å²) in [6.45, 7) is 6.64. The molecular weight excluding hydrogens is 230 g/mol. The molecule has 0 N–H and O–H groups in total. The van der Waals surface area contributed by atoms with E-state index in [9.17, 15) is 0 Å². The smallest absolute Gasteiger partial charge is 0.000986 e. The SMILES string of the molecule is C[C@H]1C[C@H](CN2CCC(CC3CCCCC3)CC2)C1. The number of rotatable bonds is 4. The molecule has 0 aromatic carbocycles. The highest BCUT2D eigenvalue weighted by molar-refractivity contribution is 4.82. The van der Waals surface area contributed by atoms with E-state index < -0.39 is 0 Å². The van der Waals surface area contributed by atoms with Crippen LogP contribution in [-0.4, -0.2) is 24.5 Å². The Labute approximate surface area is 120 Å². The number of hydrogen-bond donors (Lipinski definition) is 0. The van der Waals surface area contributed by atoms with Gasteiger partial charge in [0.05, 0.1) is 0 Å². The van der Waals surface area contributed by atoms with Crippen molar-refractivity contribution in [1.29, 1.82) is 0 Å². The van der Waals surface area contributed by atoms with Gasteiger partial charge >= 0.3 is 0 Å². The first-order valence-electron chi connectivity index (χ1n) is 9.02. The molecule has 1 heteroatoms. The molecule has 0 spiro atoms. The summed E-state index contributed by atoms with van der Waals surface area (Å²) in [6, 6.07) is 0. The molecule has 0 radical (unpaired) electrons. The Morgan fingerprint density at radius 3 is 2.05 bits per heavy atom. The lowest BCUT2D eigenvalue weighted by Gasteiger charge is -2.40. The molecule has 1 heterocycles. The third kappa shape index (κ3) is 3.97. The summed E-state index contributed by atoms with van der Waals surface area (Å²) in [5.41, 5.74) is 0. The zero-order valence-corrected chi connectivity index (χ0v) is 12.9. The van der Waals surface area contributed by atoms with E-state index in [1.54, 1.807) is 19.3 Å². The minimum absolute atomic E-state index is 1.02. The molecule has 1 saturated heterocycles. The first-order valence-corrected chi connectivity index (χ1v) is 9.02. The van der Waals surface area contributed by atoms with Gasteiger partial charge in [0.1, 0.15) is 0 Å². The van der Waals surface area contributed by atoms with Gasteiger partial charge in [0.2, 0.25) is 0 Å². The Morgan fingerprint density at radius 2 is 1.42 bits per heavy atom. The second-order valence-corrected chi connectivity index (χ2v) is 7.93. The number of hydrogen-bond acceptors (Lipinski definition) is 1. The molecule has 3 fully saturated rings. The first kappa shape index (κ1) is 13.9. The fourth-order valence-corrected chi connectivity index (χ4v) is 4.88. The van der Waals surface area contributed by atoms with Crippen LogP contribution in [0, 0.1) is 23.7 Å². The van der Waals surface area contributed by atoms with Gasteiger partial charge in [-0.25, -0.2) is 0 Å². The van der Waals surface area contributed by atoms with Gasteiger partial charge in [0, 0.05) is 6.54 Å². The summed E-state index contributed by atoms with van der Waals surface area (Å²) in [7, 11) is 0. The lowest BCUT2D eigenvalue weighted by molar-refractivity contribution is 0.0969. The van der Waals surface area contributed by atoms with Crippen LogP contribution in [0.25, 0.3) is 0 Å². The Kier molecular flexibility index (Phi) is 4.84. The molecule has 1 aliphatic heterocycles. The minimum atomic E-state index is 1.02. The number of likely N-dealkylation sites (tertiary alicyclic amines) is 1. The molecule has 3 rings (SSSR count). The van der Waals surface area contributed by atoms with E-state index in [0.29, 0.717) is 0 Å².